The van der Waals surface area contributed by atoms with Gasteiger partial charge in [-0.15, -0.1) is 0 Å². The van der Waals surface area contributed by atoms with E-state index in [2.05, 4.69) is 70.3 Å². The zero-order valence-corrected chi connectivity index (χ0v) is 16.3. The largest absolute Gasteiger partial charge is 0.489 e. The lowest BCUT2D eigenvalue weighted by atomic mass is 10.3. The van der Waals surface area contributed by atoms with Gasteiger partial charge in [0.05, 0.1) is 8.95 Å². The third-order valence-corrected chi connectivity index (χ3v) is 6.62. The van der Waals surface area contributed by atoms with Crippen molar-refractivity contribution in [3.8, 4) is 5.75 Å². The first-order valence-corrected chi connectivity index (χ1v) is 8.30. The predicted octanol–water partition coefficient (Wildman–Crippen LogP) is 5.23. The molecular weight excluding hydrogens is 512 g/mol. The fourth-order valence-corrected chi connectivity index (χ4v) is 3.15. The fourth-order valence-electron chi connectivity index (χ4n) is 1.07. The van der Waals surface area contributed by atoms with Gasteiger partial charge in [-0.25, -0.2) is 4.79 Å². The van der Waals surface area contributed by atoms with Crippen molar-refractivity contribution in [1.82, 2.24) is 0 Å². The van der Waals surface area contributed by atoms with E-state index in [4.69, 9.17) is 9.47 Å². The number of ether oxygens (including phenoxy) is 2. The molecule has 0 aliphatic carbocycles. The van der Waals surface area contributed by atoms with Gasteiger partial charge in [-0.3, -0.25) is 0 Å². The van der Waals surface area contributed by atoms with Crippen LogP contribution >= 0.6 is 63.7 Å². The second kappa shape index (κ2) is 7.81. The lowest BCUT2D eigenvalue weighted by molar-refractivity contribution is -0.139. The summed E-state index contributed by atoms with van der Waals surface area (Å²) >= 11 is 13.7. The summed E-state index contributed by atoms with van der Waals surface area (Å²) < 4.78 is 13.9. The second-order valence-electron chi connectivity index (χ2n) is 3.56. The van der Waals surface area contributed by atoms with E-state index in [-0.39, 0.29) is 13.2 Å². The maximum atomic E-state index is 11.2. The number of hydrogen-bond acceptors (Lipinski definition) is 3. The van der Waals surface area contributed by atoms with Crippen LogP contribution in [0.5, 0.6) is 5.75 Å². The van der Waals surface area contributed by atoms with Crippen LogP contribution in [0.15, 0.2) is 36.1 Å². The molecule has 1 aromatic rings. The standard InChI is InChI=1S/C12H10Br4O3/c1-6(2)12(17)19-4-3-18-8-5-7(13)9(14)11(16)10(8)15/h5H,1,3-4H2,2H3. The lowest BCUT2D eigenvalue weighted by Gasteiger charge is -2.12. The van der Waals surface area contributed by atoms with Crippen molar-refractivity contribution in [2.75, 3.05) is 13.2 Å². The van der Waals surface area contributed by atoms with Crippen molar-refractivity contribution in [2.24, 2.45) is 0 Å². The molecule has 0 unspecified atom stereocenters. The SMILES string of the molecule is C=C(C)C(=O)OCCOc1cc(Br)c(Br)c(Br)c1Br. The average Bonchev–Trinajstić information content (AvgIpc) is 2.37. The maximum absolute atomic E-state index is 11.2. The van der Waals surface area contributed by atoms with Crippen molar-refractivity contribution >= 4 is 69.7 Å². The van der Waals surface area contributed by atoms with Gasteiger partial charge in [-0.1, -0.05) is 6.58 Å². The molecule has 19 heavy (non-hydrogen) atoms. The number of hydrogen-bond donors (Lipinski definition) is 0. The first-order chi connectivity index (χ1) is 8.84. The van der Waals surface area contributed by atoms with E-state index in [1.807, 2.05) is 6.07 Å². The van der Waals surface area contributed by atoms with Crippen LogP contribution in [0.1, 0.15) is 6.92 Å². The van der Waals surface area contributed by atoms with E-state index in [9.17, 15) is 4.79 Å². The Morgan fingerprint density at radius 1 is 1.16 bits per heavy atom. The number of carbonyl (C=O) groups is 1. The molecule has 104 valence electrons. The van der Waals surface area contributed by atoms with E-state index in [1.54, 1.807) is 6.92 Å². The van der Waals surface area contributed by atoms with Gasteiger partial charge >= 0.3 is 5.97 Å². The van der Waals surface area contributed by atoms with E-state index in [1.165, 1.54) is 0 Å². The highest BCUT2D eigenvalue weighted by Gasteiger charge is 2.13. The van der Waals surface area contributed by atoms with Crippen LogP contribution in [0.2, 0.25) is 0 Å². The monoisotopic (exact) mass is 518 g/mol. The summed E-state index contributed by atoms with van der Waals surface area (Å²) in [4.78, 5) is 11.2. The summed E-state index contributed by atoms with van der Waals surface area (Å²) in [5.74, 6) is 0.231. The predicted molar refractivity (Wildman–Crippen MR) is 88.5 cm³/mol. The molecular formula is C12H10Br4O3. The van der Waals surface area contributed by atoms with Crippen LogP contribution in [0, 0.1) is 0 Å². The van der Waals surface area contributed by atoms with Crippen LogP contribution in [-0.4, -0.2) is 19.2 Å². The first-order valence-electron chi connectivity index (χ1n) is 5.13. The van der Waals surface area contributed by atoms with Gasteiger partial charge in [-0.05, 0) is 76.7 Å². The number of rotatable bonds is 5. The third-order valence-electron chi connectivity index (χ3n) is 1.99. The van der Waals surface area contributed by atoms with Crippen LogP contribution in [-0.2, 0) is 9.53 Å². The highest BCUT2D eigenvalue weighted by Crippen LogP contribution is 2.42. The summed E-state index contributed by atoms with van der Waals surface area (Å²) in [6, 6.07) is 1.82. The zero-order chi connectivity index (χ0) is 14.6. The molecule has 0 saturated heterocycles. The second-order valence-corrected chi connectivity index (χ2v) is 6.80. The van der Waals surface area contributed by atoms with Gasteiger partial charge in [-0.2, -0.15) is 0 Å². The maximum Gasteiger partial charge on any atom is 0.333 e. The molecule has 0 atom stereocenters. The van der Waals surface area contributed by atoms with Crippen molar-refractivity contribution < 1.29 is 14.3 Å². The number of carbonyl (C=O) groups excluding carboxylic acids is 1. The highest BCUT2D eigenvalue weighted by molar-refractivity contribution is 9.15. The van der Waals surface area contributed by atoms with Crippen LogP contribution in [0.4, 0.5) is 0 Å². The van der Waals surface area contributed by atoms with Crippen molar-refractivity contribution in [3.63, 3.8) is 0 Å². The summed E-state index contributed by atoms with van der Waals surface area (Å²) in [5, 5.41) is 0. The summed E-state index contributed by atoms with van der Waals surface area (Å²) in [5.41, 5.74) is 0.371. The van der Waals surface area contributed by atoms with Crippen LogP contribution in [0.25, 0.3) is 0 Å². The number of esters is 1. The number of halogens is 4. The summed E-state index contributed by atoms with van der Waals surface area (Å²) in [6.45, 7) is 5.53. The molecule has 0 spiro atoms. The highest BCUT2D eigenvalue weighted by atomic mass is 79.9. The van der Waals surface area contributed by atoms with Crippen LogP contribution in [0.3, 0.4) is 0 Å². The van der Waals surface area contributed by atoms with Gasteiger partial charge in [0.15, 0.2) is 0 Å². The zero-order valence-electron chi connectivity index (χ0n) is 9.94. The van der Waals surface area contributed by atoms with Gasteiger partial charge < -0.3 is 9.47 Å². The Morgan fingerprint density at radius 3 is 2.37 bits per heavy atom. The molecule has 0 radical (unpaired) electrons. The van der Waals surface area contributed by atoms with Crippen molar-refractivity contribution in [1.29, 1.82) is 0 Å². The minimum Gasteiger partial charge on any atom is -0.489 e. The van der Waals surface area contributed by atoms with Crippen LogP contribution < -0.4 is 4.74 Å². The number of benzene rings is 1. The Kier molecular flexibility index (Phi) is 7.07. The van der Waals surface area contributed by atoms with Gasteiger partial charge in [0.1, 0.15) is 19.0 Å². The van der Waals surface area contributed by atoms with Crippen molar-refractivity contribution in [3.05, 3.63) is 36.1 Å². The molecule has 1 rings (SSSR count). The minimum atomic E-state index is -0.416. The quantitative estimate of drug-likeness (QED) is 0.175. The Morgan fingerprint density at radius 2 is 1.79 bits per heavy atom. The van der Waals surface area contributed by atoms with E-state index in [0.29, 0.717) is 11.3 Å². The summed E-state index contributed by atoms with van der Waals surface area (Å²) in [6.07, 6.45) is 0. The molecule has 0 aliphatic rings. The molecule has 0 bridgehead atoms. The van der Waals surface area contributed by atoms with Gasteiger partial charge in [0.2, 0.25) is 0 Å². The first kappa shape index (κ1) is 17.2. The Bertz CT molecular complexity index is 514. The summed E-state index contributed by atoms with van der Waals surface area (Å²) in [7, 11) is 0. The van der Waals surface area contributed by atoms with Gasteiger partial charge in [0, 0.05) is 14.5 Å². The fraction of sp³-hybridized carbons (Fsp3) is 0.250. The Hall–Kier alpha value is 0.150. The molecule has 0 heterocycles. The van der Waals surface area contributed by atoms with E-state index in [0.717, 1.165) is 17.9 Å². The molecule has 0 saturated carbocycles. The molecule has 0 fully saturated rings. The van der Waals surface area contributed by atoms with Crippen molar-refractivity contribution in [2.45, 2.75) is 6.92 Å². The molecule has 0 N–H and O–H groups in total. The average molecular weight is 522 g/mol. The molecule has 3 nitrogen and oxygen atoms in total. The van der Waals surface area contributed by atoms with E-state index < -0.39 is 5.97 Å². The normalized spacial score (nSPS) is 10.2. The minimum absolute atomic E-state index is 0.170. The Labute approximate surface area is 145 Å². The smallest absolute Gasteiger partial charge is 0.333 e. The lowest BCUT2D eigenvalue weighted by Crippen LogP contribution is -2.12. The molecule has 0 aliphatic heterocycles. The molecule has 1 aromatic carbocycles. The molecule has 7 heteroatoms. The van der Waals surface area contributed by atoms with E-state index >= 15 is 0 Å². The Balaban J connectivity index is 2.60. The molecule has 0 aromatic heterocycles. The third kappa shape index (κ3) is 4.88. The topological polar surface area (TPSA) is 35.5 Å². The molecule has 0 amide bonds. The van der Waals surface area contributed by atoms with Gasteiger partial charge in [0.25, 0.3) is 0 Å².